The van der Waals surface area contributed by atoms with E-state index in [9.17, 15) is 23.1 Å². The van der Waals surface area contributed by atoms with Gasteiger partial charge in [-0.25, -0.2) is 4.98 Å². The van der Waals surface area contributed by atoms with Crippen molar-refractivity contribution >= 4 is 47.2 Å². The van der Waals surface area contributed by atoms with Gasteiger partial charge >= 0.3 is 6.18 Å². The lowest BCUT2D eigenvalue weighted by Crippen LogP contribution is -2.41. The molecule has 0 saturated heterocycles. The molecule has 0 aliphatic rings. The number of para-hydroxylation sites is 1. The normalized spacial score (nSPS) is 11.5. The van der Waals surface area contributed by atoms with Gasteiger partial charge in [-0.15, -0.1) is 35.3 Å². The van der Waals surface area contributed by atoms with Crippen molar-refractivity contribution in [2.75, 3.05) is 26.2 Å². The Morgan fingerprint density at radius 3 is 2.53 bits per heavy atom. The highest BCUT2D eigenvalue weighted by Gasteiger charge is 2.33. The first-order valence-electron chi connectivity index (χ1n) is 8.91. The van der Waals surface area contributed by atoms with Crippen LogP contribution in [0.15, 0.2) is 34.6 Å². The van der Waals surface area contributed by atoms with Crippen LogP contribution in [0.5, 0.6) is 5.75 Å². The van der Waals surface area contributed by atoms with Crippen molar-refractivity contribution in [3.63, 3.8) is 0 Å². The molecule has 7 nitrogen and oxygen atoms in total. The van der Waals surface area contributed by atoms with Gasteiger partial charge in [0.25, 0.3) is 5.91 Å². The van der Waals surface area contributed by atoms with Crippen LogP contribution in [0.25, 0.3) is 0 Å². The minimum Gasteiger partial charge on any atom is -0.507 e. The molecule has 1 aromatic carbocycles. The number of nitrogens with one attached hydrogen (secondary N) is 3. The Hall–Kier alpha value is -2.09. The second-order valence-corrected chi connectivity index (χ2v) is 6.78. The summed E-state index contributed by atoms with van der Waals surface area (Å²) >= 11 is 0.956. The Bertz CT molecular complexity index is 845. The van der Waals surface area contributed by atoms with E-state index >= 15 is 0 Å². The van der Waals surface area contributed by atoms with E-state index in [1.54, 1.807) is 12.1 Å². The number of phenols is 1. The van der Waals surface area contributed by atoms with Crippen LogP contribution in [0.4, 0.5) is 13.2 Å². The van der Waals surface area contributed by atoms with Crippen LogP contribution < -0.4 is 16.0 Å². The third-order valence-corrected chi connectivity index (χ3v) is 4.54. The fraction of sp³-hybridized carbons (Fsp3) is 0.389. The van der Waals surface area contributed by atoms with Crippen LogP contribution in [0.1, 0.15) is 28.0 Å². The van der Waals surface area contributed by atoms with Crippen molar-refractivity contribution in [2.24, 2.45) is 4.99 Å². The van der Waals surface area contributed by atoms with Crippen molar-refractivity contribution in [3.8, 4) is 5.75 Å². The highest BCUT2D eigenvalue weighted by Crippen LogP contribution is 2.30. The number of carbonyl (C=O) groups excluding carboxylic acids is 1. The van der Waals surface area contributed by atoms with Gasteiger partial charge in [0, 0.05) is 38.0 Å². The van der Waals surface area contributed by atoms with E-state index in [0.29, 0.717) is 37.0 Å². The summed E-state index contributed by atoms with van der Waals surface area (Å²) in [5.74, 6) is -0.00304. The van der Waals surface area contributed by atoms with Crippen molar-refractivity contribution in [1.82, 2.24) is 20.9 Å². The topological polar surface area (TPSA) is 98.6 Å². The van der Waals surface area contributed by atoms with Crippen LogP contribution in [0.3, 0.4) is 0 Å². The summed E-state index contributed by atoms with van der Waals surface area (Å²) in [6.45, 7) is 3.42. The first-order chi connectivity index (χ1) is 13.8. The first kappa shape index (κ1) is 25.9. The Kier molecular flexibility index (Phi) is 10.9. The minimum absolute atomic E-state index is 0. The Labute approximate surface area is 193 Å². The number of halogens is 4. The number of carbonyl (C=O) groups is 1. The summed E-state index contributed by atoms with van der Waals surface area (Å²) in [5, 5.41) is 19.7. The summed E-state index contributed by atoms with van der Waals surface area (Å²) in [4.78, 5) is 19.9. The number of aromatic hydroxyl groups is 1. The van der Waals surface area contributed by atoms with Gasteiger partial charge in [-0.3, -0.25) is 9.79 Å². The van der Waals surface area contributed by atoms with Gasteiger partial charge in [0.05, 0.1) is 10.6 Å². The van der Waals surface area contributed by atoms with Crippen LogP contribution in [0.2, 0.25) is 0 Å². The number of guanidine groups is 1. The van der Waals surface area contributed by atoms with Crippen molar-refractivity contribution in [3.05, 3.63) is 45.9 Å². The lowest BCUT2D eigenvalue weighted by Gasteiger charge is -2.12. The standard InChI is InChI=1S/C18H22F3N5O2S.HI/c1-2-22-17(24-8-7-15-26-14(11-29-15)18(19,20)21)25-10-9-23-16(28)12-5-3-4-6-13(12)27;/h3-6,11,27H,2,7-10H2,1H3,(H,23,28)(H2,22,24,25);1H. The molecule has 4 N–H and O–H groups in total. The van der Waals surface area contributed by atoms with Crippen LogP contribution in [0, 0.1) is 0 Å². The zero-order valence-electron chi connectivity index (χ0n) is 16.1. The van der Waals surface area contributed by atoms with Crippen molar-refractivity contribution in [1.29, 1.82) is 0 Å². The number of amides is 1. The van der Waals surface area contributed by atoms with E-state index in [1.165, 1.54) is 12.1 Å². The molecule has 1 amide bonds. The van der Waals surface area contributed by atoms with E-state index in [-0.39, 0.29) is 41.8 Å². The number of hydrogen-bond acceptors (Lipinski definition) is 5. The van der Waals surface area contributed by atoms with E-state index < -0.39 is 17.8 Å². The van der Waals surface area contributed by atoms with Gasteiger partial charge in [-0.1, -0.05) is 12.1 Å². The highest BCUT2D eigenvalue weighted by atomic mass is 127. The number of nitrogens with zero attached hydrogens (tertiary/aromatic N) is 2. The molecule has 0 radical (unpaired) electrons. The van der Waals surface area contributed by atoms with Crippen molar-refractivity contribution in [2.45, 2.75) is 19.5 Å². The summed E-state index contributed by atoms with van der Waals surface area (Å²) < 4.78 is 37.7. The molecule has 1 heterocycles. The van der Waals surface area contributed by atoms with Crippen LogP contribution in [-0.2, 0) is 12.6 Å². The number of alkyl halides is 3. The predicted molar refractivity (Wildman–Crippen MR) is 121 cm³/mol. The molecule has 0 saturated carbocycles. The second-order valence-electron chi connectivity index (χ2n) is 5.83. The SMILES string of the molecule is CCNC(=NCCc1nc(C(F)(F)F)cs1)NCCNC(=O)c1ccccc1O.I. The second kappa shape index (κ2) is 12.6. The number of hydrogen-bond donors (Lipinski definition) is 4. The highest BCUT2D eigenvalue weighted by molar-refractivity contribution is 14.0. The average molecular weight is 557 g/mol. The predicted octanol–water partition coefficient (Wildman–Crippen LogP) is 3.01. The maximum Gasteiger partial charge on any atom is 0.434 e. The Balaban J connectivity index is 0.00000450. The molecular weight excluding hydrogens is 534 g/mol. The quantitative estimate of drug-likeness (QED) is 0.173. The van der Waals surface area contributed by atoms with E-state index in [0.717, 1.165) is 16.7 Å². The van der Waals surface area contributed by atoms with Crippen LogP contribution >= 0.6 is 35.3 Å². The third kappa shape index (κ3) is 8.34. The van der Waals surface area contributed by atoms with Gasteiger partial charge in [-0.05, 0) is 19.1 Å². The van der Waals surface area contributed by atoms with Gasteiger partial charge in [0.1, 0.15) is 5.75 Å². The molecular formula is C18H23F3IN5O2S. The van der Waals surface area contributed by atoms with Gasteiger partial charge in [0.15, 0.2) is 11.7 Å². The third-order valence-electron chi connectivity index (χ3n) is 3.63. The fourth-order valence-electron chi connectivity index (χ4n) is 2.28. The Morgan fingerprint density at radius 2 is 1.90 bits per heavy atom. The molecule has 0 fully saturated rings. The molecule has 2 rings (SSSR count). The monoisotopic (exact) mass is 557 g/mol. The minimum atomic E-state index is -4.44. The Morgan fingerprint density at radius 1 is 1.20 bits per heavy atom. The molecule has 30 heavy (non-hydrogen) atoms. The fourth-order valence-corrected chi connectivity index (χ4v) is 3.07. The molecule has 12 heteroatoms. The lowest BCUT2D eigenvalue weighted by molar-refractivity contribution is -0.140. The number of aromatic nitrogens is 1. The molecule has 0 unspecified atom stereocenters. The number of rotatable bonds is 8. The zero-order valence-corrected chi connectivity index (χ0v) is 19.3. The summed E-state index contributed by atoms with van der Waals surface area (Å²) in [6.07, 6.45) is -4.14. The lowest BCUT2D eigenvalue weighted by atomic mass is 10.2. The largest absolute Gasteiger partial charge is 0.507 e. The maximum absolute atomic E-state index is 12.6. The number of phenolic OH excluding ortho intramolecular Hbond substituents is 1. The van der Waals surface area contributed by atoms with Gasteiger partial charge in [-0.2, -0.15) is 13.2 Å². The van der Waals surface area contributed by atoms with E-state index in [4.69, 9.17) is 0 Å². The molecule has 0 spiro atoms. The van der Waals surface area contributed by atoms with Gasteiger partial charge in [0.2, 0.25) is 0 Å². The smallest absolute Gasteiger partial charge is 0.434 e. The molecule has 0 bridgehead atoms. The number of benzene rings is 1. The molecule has 166 valence electrons. The van der Waals surface area contributed by atoms with E-state index in [1.807, 2.05) is 6.92 Å². The molecule has 2 aromatic rings. The average Bonchev–Trinajstić information content (AvgIpc) is 3.15. The molecule has 0 aliphatic carbocycles. The maximum atomic E-state index is 12.6. The molecule has 0 aliphatic heterocycles. The molecule has 0 atom stereocenters. The number of thiazole rings is 1. The van der Waals surface area contributed by atoms with Crippen LogP contribution in [-0.4, -0.2) is 48.1 Å². The van der Waals surface area contributed by atoms with Crippen molar-refractivity contribution < 1.29 is 23.1 Å². The molecule has 1 aromatic heterocycles. The first-order valence-corrected chi connectivity index (χ1v) is 9.79. The number of aliphatic imine (C=N–C) groups is 1. The zero-order chi connectivity index (χ0) is 21.3. The van der Waals surface area contributed by atoms with Gasteiger partial charge < -0.3 is 21.1 Å². The van der Waals surface area contributed by atoms with E-state index in [2.05, 4.69) is 25.9 Å². The summed E-state index contributed by atoms with van der Waals surface area (Å²) in [6, 6.07) is 6.24. The summed E-state index contributed by atoms with van der Waals surface area (Å²) in [5.41, 5.74) is -0.693. The summed E-state index contributed by atoms with van der Waals surface area (Å²) in [7, 11) is 0.